The predicted octanol–water partition coefficient (Wildman–Crippen LogP) is 1.96. The van der Waals surface area contributed by atoms with Crippen molar-refractivity contribution in [2.75, 3.05) is 17.6 Å². The van der Waals surface area contributed by atoms with E-state index >= 15 is 0 Å². The number of halogens is 1. The molecule has 0 aromatic carbocycles. The highest BCUT2D eigenvalue weighted by Gasteiger charge is 2.23. The molecule has 6 heteroatoms. The lowest BCUT2D eigenvalue weighted by Gasteiger charge is -2.15. The minimum atomic E-state index is 0.134. The third-order valence-electron chi connectivity index (χ3n) is 3.19. The minimum absolute atomic E-state index is 0.134. The van der Waals surface area contributed by atoms with Crippen LogP contribution in [0.2, 0.25) is 5.28 Å². The molecular weight excluding hydrogens is 226 g/mol. The quantitative estimate of drug-likeness (QED) is 0.846. The van der Waals surface area contributed by atoms with Crippen LogP contribution in [-0.4, -0.2) is 21.5 Å². The van der Waals surface area contributed by atoms with Gasteiger partial charge in [-0.05, 0) is 29.9 Å². The van der Waals surface area contributed by atoms with Gasteiger partial charge in [0.15, 0.2) is 0 Å². The van der Waals surface area contributed by atoms with Crippen LogP contribution in [0.4, 0.5) is 11.9 Å². The van der Waals surface area contributed by atoms with Crippen molar-refractivity contribution in [1.82, 2.24) is 15.0 Å². The van der Waals surface area contributed by atoms with E-state index in [1.54, 1.807) is 0 Å². The van der Waals surface area contributed by atoms with Crippen LogP contribution in [0.1, 0.15) is 26.2 Å². The fraction of sp³-hybridized carbons (Fsp3) is 0.700. The summed E-state index contributed by atoms with van der Waals surface area (Å²) in [7, 11) is 0. The lowest BCUT2D eigenvalue weighted by atomic mass is 9.98. The Labute approximate surface area is 99.8 Å². The average Bonchev–Trinajstić information content (AvgIpc) is 2.59. The first-order valence-corrected chi connectivity index (χ1v) is 5.94. The molecule has 2 atom stereocenters. The van der Waals surface area contributed by atoms with E-state index in [9.17, 15) is 0 Å². The highest BCUT2D eigenvalue weighted by Crippen LogP contribution is 2.30. The van der Waals surface area contributed by atoms with Gasteiger partial charge < -0.3 is 11.1 Å². The van der Waals surface area contributed by atoms with Gasteiger partial charge in [0.25, 0.3) is 0 Å². The number of nitrogen functional groups attached to an aromatic ring is 1. The van der Waals surface area contributed by atoms with Crippen molar-refractivity contribution in [3.8, 4) is 0 Å². The molecule has 1 aromatic heterocycles. The van der Waals surface area contributed by atoms with Gasteiger partial charge in [-0.15, -0.1) is 0 Å². The monoisotopic (exact) mass is 241 g/mol. The maximum atomic E-state index is 5.69. The van der Waals surface area contributed by atoms with Crippen LogP contribution in [0, 0.1) is 11.8 Å². The van der Waals surface area contributed by atoms with Gasteiger partial charge in [-0.3, -0.25) is 0 Å². The van der Waals surface area contributed by atoms with Crippen LogP contribution in [-0.2, 0) is 0 Å². The van der Waals surface area contributed by atoms with Gasteiger partial charge in [0, 0.05) is 6.54 Å². The van der Waals surface area contributed by atoms with Crippen molar-refractivity contribution in [2.45, 2.75) is 26.2 Å². The van der Waals surface area contributed by atoms with E-state index in [0.717, 1.165) is 12.5 Å². The van der Waals surface area contributed by atoms with E-state index in [1.165, 1.54) is 19.3 Å². The molecule has 0 radical (unpaired) electrons. The summed E-state index contributed by atoms with van der Waals surface area (Å²) in [5.41, 5.74) is 5.48. The second kappa shape index (κ2) is 4.82. The van der Waals surface area contributed by atoms with Crippen LogP contribution in [0.5, 0.6) is 0 Å². The van der Waals surface area contributed by atoms with Gasteiger partial charge in [0.1, 0.15) is 0 Å². The molecule has 2 unspecified atom stereocenters. The van der Waals surface area contributed by atoms with Crippen LogP contribution in [0.3, 0.4) is 0 Å². The lowest BCUT2D eigenvalue weighted by Crippen LogP contribution is -2.18. The fourth-order valence-corrected chi connectivity index (χ4v) is 2.36. The highest BCUT2D eigenvalue weighted by molar-refractivity contribution is 6.28. The summed E-state index contributed by atoms with van der Waals surface area (Å²) in [6.07, 6.45) is 3.89. The zero-order valence-electron chi connectivity index (χ0n) is 9.28. The van der Waals surface area contributed by atoms with Gasteiger partial charge in [-0.1, -0.05) is 19.8 Å². The van der Waals surface area contributed by atoms with Crippen molar-refractivity contribution >= 4 is 23.5 Å². The second-order valence-corrected chi connectivity index (χ2v) is 4.67. The lowest BCUT2D eigenvalue weighted by molar-refractivity contribution is 0.439. The standard InChI is InChI=1S/C10H16ClN5/c1-6-3-2-4-7(6)5-13-10-15-8(11)14-9(12)16-10/h6-7H,2-5H2,1H3,(H3,12,13,14,15,16). The minimum Gasteiger partial charge on any atom is -0.368 e. The Hall–Kier alpha value is -1.10. The zero-order valence-corrected chi connectivity index (χ0v) is 10.0. The third kappa shape index (κ3) is 2.72. The first kappa shape index (κ1) is 11.4. The Kier molecular flexibility index (Phi) is 3.43. The number of hydrogen-bond donors (Lipinski definition) is 2. The normalized spacial score (nSPS) is 24.6. The first-order chi connectivity index (χ1) is 7.65. The van der Waals surface area contributed by atoms with E-state index < -0.39 is 0 Å². The summed E-state index contributed by atoms with van der Waals surface area (Å²) >= 11 is 5.69. The third-order valence-corrected chi connectivity index (χ3v) is 3.36. The SMILES string of the molecule is CC1CCCC1CNc1nc(N)nc(Cl)n1. The second-order valence-electron chi connectivity index (χ2n) is 4.34. The van der Waals surface area contributed by atoms with E-state index in [-0.39, 0.29) is 11.2 Å². The number of nitrogens with one attached hydrogen (secondary N) is 1. The van der Waals surface area contributed by atoms with Gasteiger partial charge >= 0.3 is 0 Å². The molecular formula is C10H16ClN5. The van der Waals surface area contributed by atoms with Crippen molar-refractivity contribution in [2.24, 2.45) is 11.8 Å². The number of anilines is 2. The van der Waals surface area contributed by atoms with Crippen molar-refractivity contribution < 1.29 is 0 Å². The fourth-order valence-electron chi connectivity index (χ4n) is 2.19. The molecule has 2 rings (SSSR count). The molecule has 5 nitrogen and oxygen atoms in total. The molecule has 1 saturated carbocycles. The molecule has 3 N–H and O–H groups in total. The van der Waals surface area contributed by atoms with E-state index in [2.05, 4.69) is 27.2 Å². The highest BCUT2D eigenvalue weighted by atomic mass is 35.5. The Morgan fingerprint density at radius 3 is 2.81 bits per heavy atom. The summed E-state index contributed by atoms with van der Waals surface area (Å²) in [5, 5.41) is 3.31. The van der Waals surface area contributed by atoms with Crippen LogP contribution >= 0.6 is 11.6 Å². The smallest absolute Gasteiger partial charge is 0.228 e. The zero-order chi connectivity index (χ0) is 11.5. The predicted molar refractivity (Wildman–Crippen MR) is 64.2 cm³/mol. The molecule has 0 amide bonds. The van der Waals surface area contributed by atoms with Gasteiger partial charge in [0.2, 0.25) is 17.2 Å². The van der Waals surface area contributed by atoms with Crippen LogP contribution < -0.4 is 11.1 Å². The number of nitrogens with two attached hydrogens (primary N) is 1. The Morgan fingerprint density at radius 1 is 1.38 bits per heavy atom. The van der Waals surface area contributed by atoms with Gasteiger partial charge in [-0.25, -0.2) is 0 Å². The van der Waals surface area contributed by atoms with Crippen LogP contribution in [0.25, 0.3) is 0 Å². The Balaban J connectivity index is 1.94. The largest absolute Gasteiger partial charge is 0.368 e. The molecule has 1 aromatic rings. The first-order valence-electron chi connectivity index (χ1n) is 5.56. The Morgan fingerprint density at radius 2 is 2.19 bits per heavy atom. The van der Waals surface area contributed by atoms with E-state index in [0.29, 0.717) is 11.9 Å². The number of hydrogen-bond acceptors (Lipinski definition) is 5. The molecule has 1 fully saturated rings. The topological polar surface area (TPSA) is 76.7 Å². The van der Waals surface area contributed by atoms with E-state index in [1.807, 2.05) is 0 Å². The summed E-state index contributed by atoms with van der Waals surface area (Å²) in [5.74, 6) is 2.08. The summed E-state index contributed by atoms with van der Waals surface area (Å²) < 4.78 is 0. The number of aromatic nitrogens is 3. The Bertz CT molecular complexity index is 350. The number of rotatable bonds is 3. The average molecular weight is 242 g/mol. The molecule has 1 heterocycles. The van der Waals surface area contributed by atoms with Gasteiger partial charge in [0.05, 0.1) is 0 Å². The summed E-state index contributed by atoms with van der Waals surface area (Å²) in [4.78, 5) is 11.7. The van der Waals surface area contributed by atoms with Crippen molar-refractivity contribution in [1.29, 1.82) is 0 Å². The molecule has 1 aliphatic rings. The molecule has 0 spiro atoms. The summed E-state index contributed by atoms with van der Waals surface area (Å²) in [6.45, 7) is 3.16. The maximum Gasteiger partial charge on any atom is 0.228 e. The van der Waals surface area contributed by atoms with Crippen LogP contribution in [0.15, 0.2) is 0 Å². The molecule has 0 saturated heterocycles. The molecule has 1 aliphatic carbocycles. The van der Waals surface area contributed by atoms with Crippen molar-refractivity contribution in [3.63, 3.8) is 0 Å². The molecule has 88 valence electrons. The summed E-state index contributed by atoms with van der Waals surface area (Å²) in [6, 6.07) is 0. The maximum absolute atomic E-state index is 5.69. The molecule has 0 bridgehead atoms. The molecule has 0 aliphatic heterocycles. The molecule has 16 heavy (non-hydrogen) atoms. The van der Waals surface area contributed by atoms with Crippen molar-refractivity contribution in [3.05, 3.63) is 5.28 Å². The van der Waals surface area contributed by atoms with Gasteiger partial charge in [-0.2, -0.15) is 15.0 Å². The van der Waals surface area contributed by atoms with E-state index in [4.69, 9.17) is 17.3 Å². The number of nitrogens with zero attached hydrogens (tertiary/aromatic N) is 3.